The first-order valence-electron chi connectivity index (χ1n) is 12.9. The average Bonchev–Trinajstić information content (AvgIpc) is 2.91. The predicted octanol–water partition coefficient (Wildman–Crippen LogP) is 4.61. The molecule has 3 rings (SSSR count). The molecule has 0 spiro atoms. The van der Waals surface area contributed by atoms with Crippen LogP contribution in [0.3, 0.4) is 0 Å². The van der Waals surface area contributed by atoms with Crippen LogP contribution >= 0.6 is 0 Å². The molecular weight excluding hydrogens is 498 g/mol. The van der Waals surface area contributed by atoms with Crippen LogP contribution in [0.4, 0.5) is 5.69 Å². The standard InChI is InChI=1S/C30H37N3O4S/c1-6-26-10-8-9-11-28(26)33(38(36,37)27-18-14-23(4)15-19-27)21-29(34)32(24(5)30(35)31-7-2)20-25-16-12-22(3)13-17-25/h8-19,24H,6-7,20-21H2,1-5H3,(H,31,35). The lowest BCUT2D eigenvalue weighted by atomic mass is 10.1. The highest BCUT2D eigenvalue weighted by molar-refractivity contribution is 7.92. The fraction of sp³-hybridized carbons (Fsp3) is 0.333. The minimum absolute atomic E-state index is 0.101. The highest BCUT2D eigenvalue weighted by Gasteiger charge is 2.33. The minimum Gasteiger partial charge on any atom is -0.355 e. The summed E-state index contributed by atoms with van der Waals surface area (Å²) >= 11 is 0. The predicted molar refractivity (Wildman–Crippen MR) is 151 cm³/mol. The van der Waals surface area contributed by atoms with Crippen molar-refractivity contribution in [3.8, 4) is 0 Å². The van der Waals surface area contributed by atoms with Gasteiger partial charge in [-0.3, -0.25) is 13.9 Å². The number of para-hydroxylation sites is 1. The van der Waals surface area contributed by atoms with Crippen molar-refractivity contribution in [2.24, 2.45) is 0 Å². The van der Waals surface area contributed by atoms with Crippen molar-refractivity contribution < 1.29 is 18.0 Å². The molecule has 0 aromatic heterocycles. The maximum absolute atomic E-state index is 13.9. The maximum atomic E-state index is 13.9. The Morgan fingerprint density at radius 3 is 2.03 bits per heavy atom. The van der Waals surface area contributed by atoms with Gasteiger partial charge in [-0.1, -0.05) is 72.6 Å². The zero-order valence-corrected chi connectivity index (χ0v) is 23.6. The quantitative estimate of drug-likeness (QED) is 0.388. The van der Waals surface area contributed by atoms with Gasteiger partial charge in [-0.05, 0) is 63.4 Å². The second-order valence-corrected chi connectivity index (χ2v) is 11.2. The summed E-state index contributed by atoms with van der Waals surface area (Å²) in [6.45, 7) is 9.43. The first kappa shape index (κ1) is 28.9. The zero-order chi connectivity index (χ0) is 27.9. The van der Waals surface area contributed by atoms with E-state index in [2.05, 4.69) is 5.32 Å². The normalized spacial score (nSPS) is 12.0. The van der Waals surface area contributed by atoms with Gasteiger partial charge in [0.05, 0.1) is 10.6 Å². The number of sulfonamides is 1. The zero-order valence-electron chi connectivity index (χ0n) is 22.8. The van der Waals surface area contributed by atoms with Gasteiger partial charge in [0.1, 0.15) is 12.6 Å². The van der Waals surface area contributed by atoms with Crippen molar-refractivity contribution in [1.82, 2.24) is 10.2 Å². The molecule has 2 amide bonds. The number of benzene rings is 3. The Balaban J connectivity index is 2.06. The SMILES string of the molecule is CCNC(=O)C(C)N(Cc1ccc(C)cc1)C(=O)CN(c1ccccc1CC)S(=O)(=O)c1ccc(C)cc1. The Morgan fingerprint density at radius 1 is 0.868 bits per heavy atom. The minimum atomic E-state index is -4.08. The summed E-state index contributed by atoms with van der Waals surface area (Å²) in [5.41, 5.74) is 4.11. The van der Waals surface area contributed by atoms with E-state index in [1.54, 1.807) is 43.3 Å². The molecule has 38 heavy (non-hydrogen) atoms. The fourth-order valence-corrected chi connectivity index (χ4v) is 5.65. The third-order valence-electron chi connectivity index (χ3n) is 6.52. The molecule has 0 aliphatic heterocycles. The highest BCUT2D eigenvalue weighted by atomic mass is 32.2. The third-order valence-corrected chi connectivity index (χ3v) is 8.29. The van der Waals surface area contributed by atoms with Gasteiger partial charge in [0.15, 0.2) is 0 Å². The lowest BCUT2D eigenvalue weighted by Crippen LogP contribution is -2.51. The number of rotatable bonds is 11. The van der Waals surface area contributed by atoms with E-state index in [0.29, 0.717) is 18.7 Å². The van der Waals surface area contributed by atoms with Crippen LogP contribution in [0.25, 0.3) is 0 Å². The van der Waals surface area contributed by atoms with Crippen LogP contribution in [0.15, 0.2) is 77.7 Å². The summed E-state index contributed by atoms with van der Waals surface area (Å²) in [6.07, 6.45) is 0.590. The first-order valence-corrected chi connectivity index (χ1v) is 14.3. The first-order chi connectivity index (χ1) is 18.1. The average molecular weight is 536 g/mol. The number of likely N-dealkylation sites (N-methyl/N-ethyl adjacent to an activating group) is 1. The van der Waals surface area contributed by atoms with Crippen LogP contribution in [0, 0.1) is 13.8 Å². The summed E-state index contributed by atoms with van der Waals surface area (Å²) in [6, 6.07) is 20.7. The van der Waals surface area contributed by atoms with Gasteiger partial charge in [0, 0.05) is 13.1 Å². The largest absolute Gasteiger partial charge is 0.355 e. The topological polar surface area (TPSA) is 86.8 Å². The van der Waals surface area contributed by atoms with Gasteiger partial charge in [-0.15, -0.1) is 0 Å². The molecule has 1 unspecified atom stereocenters. The monoisotopic (exact) mass is 535 g/mol. The van der Waals surface area contributed by atoms with Gasteiger partial charge >= 0.3 is 0 Å². The van der Waals surface area contributed by atoms with E-state index in [1.807, 2.05) is 64.1 Å². The maximum Gasteiger partial charge on any atom is 0.264 e. The van der Waals surface area contributed by atoms with Crippen molar-refractivity contribution >= 4 is 27.5 Å². The van der Waals surface area contributed by atoms with Crippen molar-refractivity contribution in [2.75, 3.05) is 17.4 Å². The molecule has 3 aromatic carbocycles. The molecule has 0 fully saturated rings. The number of amides is 2. The van der Waals surface area contributed by atoms with E-state index in [-0.39, 0.29) is 17.3 Å². The second-order valence-electron chi connectivity index (χ2n) is 9.38. The lowest BCUT2D eigenvalue weighted by Gasteiger charge is -2.32. The van der Waals surface area contributed by atoms with E-state index in [1.165, 1.54) is 9.21 Å². The molecule has 8 heteroatoms. The summed E-state index contributed by atoms with van der Waals surface area (Å²) in [5.74, 6) is -0.763. The number of hydrogen-bond acceptors (Lipinski definition) is 4. The van der Waals surface area contributed by atoms with Crippen LogP contribution in [-0.4, -0.2) is 44.3 Å². The van der Waals surface area contributed by atoms with E-state index in [4.69, 9.17) is 0 Å². The van der Waals surface area contributed by atoms with Crippen LogP contribution in [-0.2, 0) is 32.6 Å². The Morgan fingerprint density at radius 2 is 1.45 bits per heavy atom. The molecule has 0 saturated heterocycles. The van der Waals surface area contributed by atoms with E-state index in [0.717, 1.165) is 22.3 Å². The third kappa shape index (κ3) is 6.81. The molecule has 202 valence electrons. The smallest absolute Gasteiger partial charge is 0.264 e. The Hall–Kier alpha value is -3.65. The van der Waals surface area contributed by atoms with Crippen LogP contribution < -0.4 is 9.62 Å². The number of anilines is 1. The molecule has 3 aromatic rings. The van der Waals surface area contributed by atoms with Crippen molar-refractivity contribution in [2.45, 2.75) is 58.5 Å². The van der Waals surface area contributed by atoms with Crippen molar-refractivity contribution in [3.05, 3.63) is 95.1 Å². The van der Waals surface area contributed by atoms with Crippen molar-refractivity contribution in [3.63, 3.8) is 0 Å². The summed E-state index contributed by atoms with van der Waals surface area (Å²) in [7, 11) is -4.08. The molecule has 0 aliphatic carbocycles. The Kier molecular flexibility index (Phi) is 9.69. The van der Waals surface area contributed by atoms with Crippen LogP contribution in [0.5, 0.6) is 0 Å². The van der Waals surface area contributed by atoms with Crippen molar-refractivity contribution in [1.29, 1.82) is 0 Å². The lowest BCUT2D eigenvalue weighted by molar-refractivity contribution is -0.139. The van der Waals surface area contributed by atoms with Gasteiger partial charge in [-0.25, -0.2) is 8.42 Å². The molecule has 0 radical (unpaired) electrons. The van der Waals surface area contributed by atoms with Gasteiger partial charge in [-0.2, -0.15) is 0 Å². The number of nitrogens with one attached hydrogen (secondary N) is 1. The number of aryl methyl sites for hydroxylation is 3. The van der Waals surface area contributed by atoms with E-state index >= 15 is 0 Å². The Bertz CT molecular complexity index is 1350. The Labute approximate surface area is 226 Å². The molecular formula is C30H37N3O4S. The van der Waals surface area contributed by atoms with Crippen LogP contribution in [0.1, 0.15) is 43.0 Å². The van der Waals surface area contributed by atoms with Crippen LogP contribution in [0.2, 0.25) is 0 Å². The molecule has 7 nitrogen and oxygen atoms in total. The fourth-order valence-electron chi connectivity index (χ4n) is 4.20. The van der Waals surface area contributed by atoms with E-state index < -0.39 is 28.5 Å². The van der Waals surface area contributed by atoms with Gasteiger partial charge in [0.2, 0.25) is 11.8 Å². The van der Waals surface area contributed by atoms with Gasteiger partial charge < -0.3 is 10.2 Å². The van der Waals surface area contributed by atoms with Gasteiger partial charge in [0.25, 0.3) is 10.0 Å². The number of hydrogen-bond donors (Lipinski definition) is 1. The molecule has 1 atom stereocenters. The molecule has 0 bridgehead atoms. The highest BCUT2D eigenvalue weighted by Crippen LogP contribution is 2.28. The number of nitrogens with zero attached hydrogens (tertiary/aromatic N) is 2. The molecule has 0 saturated carbocycles. The molecule has 1 N–H and O–H groups in total. The molecule has 0 heterocycles. The summed E-state index contributed by atoms with van der Waals surface area (Å²) in [5, 5.41) is 2.78. The summed E-state index contributed by atoms with van der Waals surface area (Å²) in [4.78, 5) is 28.3. The second kappa shape index (κ2) is 12.7. The summed E-state index contributed by atoms with van der Waals surface area (Å²) < 4.78 is 29.1. The number of carbonyl (C=O) groups is 2. The molecule has 0 aliphatic rings. The van der Waals surface area contributed by atoms with E-state index in [9.17, 15) is 18.0 Å². The number of carbonyl (C=O) groups excluding carboxylic acids is 2.